The molecule has 326 valence electrons. The van der Waals surface area contributed by atoms with E-state index in [2.05, 4.69) is 57.2 Å². The van der Waals surface area contributed by atoms with Crippen LogP contribution < -0.4 is 0 Å². The smallest absolute Gasteiger partial charge is 0.306 e. The van der Waals surface area contributed by atoms with Gasteiger partial charge in [0.15, 0.2) is 6.10 Å². The van der Waals surface area contributed by atoms with Gasteiger partial charge in [0, 0.05) is 19.3 Å². The fourth-order valence-corrected chi connectivity index (χ4v) is 6.81. The maximum absolute atomic E-state index is 12.7. The van der Waals surface area contributed by atoms with Crippen LogP contribution in [0.3, 0.4) is 0 Å². The third kappa shape index (κ3) is 42.8. The molecule has 0 aromatic heterocycles. The number of esters is 3. The summed E-state index contributed by atoms with van der Waals surface area (Å²) in [7, 11) is 0. The Bertz CT molecular complexity index is 953. The van der Waals surface area contributed by atoms with Crippen molar-refractivity contribution >= 4 is 17.9 Å². The summed E-state index contributed by atoms with van der Waals surface area (Å²) in [5, 5.41) is 0. The van der Waals surface area contributed by atoms with E-state index in [0.29, 0.717) is 19.3 Å². The van der Waals surface area contributed by atoms with Crippen molar-refractivity contribution in [1.82, 2.24) is 0 Å². The number of unbranched alkanes of at least 4 members (excludes halogenated alkanes) is 26. The summed E-state index contributed by atoms with van der Waals surface area (Å²) in [4.78, 5) is 37.8. The summed E-state index contributed by atoms with van der Waals surface area (Å²) < 4.78 is 16.7. The van der Waals surface area contributed by atoms with E-state index in [-0.39, 0.29) is 31.1 Å². The van der Waals surface area contributed by atoms with Crippen LogP contribution in [0.15, 0.2) is 36.5 Å². The second kappa shape index (κ2) is 45.3. The lowest BCUT2D eigenvalue weighted by Gasteiger charge is -2.18. The minimum absolute atomic E-state index is 0.0727. The van der Waals surface area contributed by atoms with Gasteiger partial charge < -0.3 is 14.2 Å². The summed E-state index contributed by atoms with van der Waals surface area (Å²) >= 11 is 0. The molecule has 0 aromatic carbocycles. The monoisotopic (exact) mass is 787 g/mol. The Morgan fingerprint density at radius 2 is 0.696 bits per heavy atom. The van der Waals surface area contributed by atoms with Crippen molar-refractivity contribution in [3.05, 3.63) is 36.5 Å². The first-order valence-electron chi connectivity index (χ1n) is 24.0. The van der Waals surface area contributed by atoms with Crippen LogP contribution in [0.5, 0.6) is 0 Å². The minimum Gasteiger partial charge on any atom is -0.462 e. The van der Waals surface area contributed by atoms with E-state index in [1.165, 1.54) is 122 Å². The van der Waals surface area contributed by atoms with Gasteiger partial charge in [-0.25, -0.2) is 0 Å². The molecule has 0 heterocycles. The third-order valence-electron chi connectivity index (χ3n) is 10.4. The van der Waals surface area contributed by atoms with Gasteiger partial charge in [-0.05, 0) is 51.4 Å². The van der Waals surface area contributed by atoms with Crippen molar-refractivity contribution < 1.29 is 28.6 Å². The fourth-order valence-electron chi connectivity index (χ4n) is 6.81. The van der Waals surface area contributed by atoms with Gasteiger partial charge in [0.05, 0.1) is 0 Å². The molecule has 0 rings (SSSR count). The van der Waals surface area contributed by atoms with Gasteiger partial charge in [0.25, 0.3) is 0 Å². The highest BCUT2D eigenvalue weighted by atomic mass is 16.6. The number of carbonyl (C=O) groups is 3. The highest BCUT2D eigenvalue weighted by molar-refractivity contribution is 5.71. The van der Waals surface area contributed by atoms with E-state index in [4.69, 9.17) is 14.2 Å². The van der Waals surface area contributed by atoms with Crippen LogP contribution in [0.2, 0.25) is 0 Å². The van der Waals surface area contributed by atoms with Crippen LogP contribution >= 0.6 is 0 Å². The minimum atomic E-state index is -0.770. The van der Waals surface area contributed by atoms with Crippen molar-refractivity contribution in [2.24, 2.45) is 0 Å². The molecule has 1 unspecified atom stereocenters. The standard InChI is InChI=1S/C50H90O6/c1-4-7-10-13-16-19-22-23-24-25-26-29-31-34-37-40-43-49(52)55-46-47(56-50(53)44-41-38-35-32-28-21-18-15-12-9-6-3)45-54-48(51)42-39-36-33-30-27-20-17-14-11-8-5-2/h7,10,16,19,23-24,47H,4-6,8-9,11-15,17-18,20-22,25-46H2,1-3H3/b10-7-,19-16-,24-23-. The van der Waals surface area contributed by atoms with Crippen LogP contribution in [-0.2, 0) is 28.6 Å². The van der Waals surface area contributed by atoms with Gasteiger partial charge in [0.2, 0.25) is 0 Å². The number of hydrogen-bond acceptors (Lipinski definition) is 6. The second-order valence-corrected chi connectivity index (χ2v) is 16.0. The molecule has 6 heteroatoms. The van der Waals surface area contributed by atoms with Gasteiger partial charge in [-0.1, -0.05) is 211 Å². The van der Waals surface area contributed by atoms with Crippen LogP contribution in [-0.4, -0.2) is 37.2 Å². The first kappa shape index (κ1) is 53.6. The van der Waals surface area contributed by atoms with Crippen molar-refractivity contribution in [3.8, 4) is 0 Å². The zero-order valence-electron chi connectivity index (χ0n) is 37.2. The normalized spacial score (nSPS) is 12.3. The average Bonchev–Trinajstić information content (AvgIpc) is 3.19. The van der Waals surface area contributed by atoms with Crippen molar-refractivity contribution in [3.63, 3.8) is 0 Å². The first-order chi connectivity index (χ1) is 27.5. The number of allylic oxidation sites excluding steroid dienone is 6. The second-order valence-electron chi connectivity index (χ2n) is 16.0. The molecule has 1 atom stereocenters. The molecule has 0 spiro atoms. The largest absolute Gasteiger partial charge is 0.462 e. The quantitative estimate of drug-likeness (QED) is 0.0265. The van der Waals surface area contributed by atoms with Crippen LogP contribution in [0.4, 0.5) is 0 Å². The Kier molecular flexibility index (Phi) is 43.4. The van der Waals surface area contributed by atoms with Crippen molar-refractivity contribution in [2.75, 3.05) is 13.2 Å². The van der Waals surface area contributed by atoms with Crippen LogP contribution in [0.1, 0.15) is 245 Å². The molecule has 6 nitrogen and oxygen atoms in total. The summed E-state index contributed by atoms with van der Waals surface area (Å²) in [6.07, 6.45) is 51.2. The number of carbonyl (C=O) groups excluding carboxylic acids is 3. The van der Waals surface area contributed by atoms with E-state index in [1.807, 2.05) is 0 Å². The maximum atomic E-state index is 12.7. The van der Waals surface area contributed by atoms with E-state index in [9.17, 15) is 14.4 Å². The van der Waals surface area contributed by atoms with Crippen LogP contribution in [0, 0.1) is 0 Å². The molecule has 56 heavy (non-hydrogen) atoms. The Labute approximate surface area is 346 Å². The zero-order chi connectivity index (χ0) is 40.8. The molecule has 0 aliphatic heterocycles. The lowest BCUT2D eigenvalue weighted by atomic mass is 10.1. The fraction of sp³-hybridized carbons (Fsp3) is 0.820. The maximum Gasteiger partial charge on any atom is 0.306 e. The lowest BCUT2D eigenvalue weighted by Crippen LogP contribution is -2.30. The van der Waals surface area contributed by atoms with Crippen molar-refractivity contribution in [2.45, 2.75) is 252 Å². The SMILES string of the molecule is CC/C=C\C/C=C\C/C=C\CCCCCCCCC(=O)OCC(COC(=O)CCCCCCCCCCCCC)OC(=O)CCCCCCCCCCCCC. The predicted molar refractivity (Wildman–Crippen MR) is 238 cm³/mol. The first-order valence-corrected chi connectivity index (χ1v) is 24.0. The summed E-state index contributed by atoms with van der Waals surface area (Å²) in [6.45, 7) is 6.51. The highest BCUT2D eigenvalue weighted by Crippen LogP contribution is 2.15. The summed E-state index contributed by atoms with van der Waals surface area (Å²) in [6, 6.07) is 0. The molecule has 0 aliphatic rings. The van der Waals surface area contributed by atoms with E-state index in [0.717, 1.165) is 83.5 Å². The molecule has 0 N–H and O–H groups in total. The zero-order valence-corrected chi connectivity index (χ0v) is 37.2. The van der Waals surface area contributed by atoms with Gasteiger partial charge in [0.1, 0.15) is 13.2 Å². The molecule has 0 fully saturated rings. The molecule has 0 aliphatic carbocycles. The molecular weight excluding hydrogens is 697 g/mol. The number of ether oxygens (including phenoxy) is 3. The molecule has 0 saturated carbocycles. The lowest BCUT2D eigenvalue weighted by molar-refractivity contribution is -0.167. The van der Waals surface area contributed by atoms with E-state index in [1.54, 1.807) is 0 Å². The Balaban J connectivity index is 4.35. The molecule has 0 bridgehead atoms. The van der Waals surface area contributed by atoms with Gasteiger partial charge in [-0.2, -0.15) is 0 Å². The molecule has 0 radical (unpaired) electrons. The Hall–Kier alpha value is -2.37. The van der Waals surface area contributed by atoms with Gasteiger partial charge in [-0.3, -0.25) is 14.4 Å². The topological polar surface area (TPSA) is 78.9 Å². The molecular formula is C50H90O6. The molecule has 0 amide bonds. The van der Waals surface area contributed by atoms with E-state index >= 15 is 0 Å². The van der Waals surface area contributed by atoms with E-state index < -0.39 is 6.10 Å². The summed E-state index contributed by atoms with van der Waals surface area (Å²) in [5.41, 5.74) is 0. The Morgan fingerprint density at radius 1 is 0.375 bits per heavy atom. The average molecular weight is 787 g/mol. The van der Waals surface area contributed by atoms with Crippen molar-refractivity contribution in [1.29, 1.82) is 0 Å². The molecule has 0 aromatic rings. The molecule has 0 saturated heterocycles. The predicted octanol–water partition coefficient (Wildman–Crippen LogP) is 15.4. The van der Waals surface area contributed by atoms with Crippen LogP contribution in [0.25, 0.3) is 0 Å². The highest BCUT2D eigenvalue weighted by Gasteiger charge is 2.19. The Morgan fingerprint density at radius 3 is 1.09 bits per heavy atom. The van der Waals surface area contributed by atoms with Gasteiger partial charge in [-0.15, -0.1) is 0 Å². The summed E-state index contributed by atoms with van der Waals surface area (Å²) in [5.74, 6) is -0.881. The number of hydrogen-bond donors (Lipinski definition) is 0. The van der Waals surface area contributed by atoms with Gasteiger partial charge >= 0.3 is 17.9 Å². The number of rotatable bonds is 43. The third-order valence-corrected chi connectivity index (χ3v) is 10.4.